The molecule has 0 unspecified atom stereocenters. The molecule has 0 amide bonds. The molecule has 112 valence electrons. The summed E-state index contributed by atoms with van der Waals surface area (Å²) < 4.78 is 0. The first kappa shape index (κ1) is 15.3. The lowest BCUT2D eigenvalue weighted by Crippen LogP contribution is -2.44. The summed E-state index contributed by atoms with van der Waals surface area (Å²) in [5.41, 5.74) is 0.590. The maximum atomic E-state index is 3.75. The molecule has 0 atom stereocenters. The Morgan fingerprint density at radius 2 is 1.89 bits per heavy atom. The van der Waals surface area contributed by atoms with Crippen molar-refractivity contribution in [2.75, 3.05) is 26.2 Å². The van der Waals surface area contributed by atoms with E-state index in [1.165, 1.54) is 71.1 Å². The second kappa shape index (κ2) is 7.08. The molecule has 0 aromatic heterocycles. The van der Waals surface area contributed by atoms with E-state index in [-0.39, 0.29) is 0 Å². The second-order valence-electron chi connectivity index (χ2n) is 7.43. The van der Waals surface area contributed by atoms with Gasteiger partial charge in [-0.3, -0.25) is 4.90 Å². The summed E-state index contributed by atoms with van der Waals surface area (Å²) in [4.78, 5) is 2.81. The summed E-state index contributed by atoms with van der Waals surface area (Å²) in [6.07, 6.45) is 10.0. The van der Waals surface area contributed by atoms with Gasteiger partial charge in [-0.25, -0.2) is 0 Å². The van der Waals surface area contributed by atoms with Crippen LogP contribution in [-0.4, -0.2) is 37.1 Å². The van der Waals surface area contributed by atoms with Gasteiger partial charge in [-0.05, 0) is 56.5 Å². The minimum atomic E-state index is 0.590. The zero-order chi connectivity index (χ0) is 13.7. The van der Waals surface area contributed by atoms with Gasteiger partial charge < -0.3 is 5.32 Å². The van der Waals surface area contributed by atoms with Gasteiger partial charge in [0.1, 0.15) is 0 Å². The number of nitrogens with one attached hydrogen (secondary N) is 1. The van der Waals surface area contributed by atoms with E-state index in [0.29, 0.717) is 5.41 Å². The maximum absolute atomic E-state index is 3.75. The van der Waals surface area contributed by atoms with E-state index >= 15 is 0 Å². The van der Waals surface area contributed by atoms with E-state index < -0.39 is 0 Å². The predicted octanol–water partition coefficient (Wildman–Crippen LogP) is 3.67. The summed E-state index contributed by atoms with van der Waals surface area (Å²) in [6.45, 7) is 12.0. The van der Waals surface area contributed by atoms with Crippen LogP contribution in [0.1, 0.15) is 65.7 Å². The third kappa shape index (κ3) is 4.75. The van der Waals surface area contributed by atoms with Crippen molar-refractivity contribution in [3.8, 4) is 0 Å². The summed E-state index contributed by atoms with van der Waals surface area (Å²) in [5, 5.41) is 3.75. The Labute approximate surface area is 120 Å². The van der Waals surface area contributed by atoms with Crippen LogP contribution in [-0.2, 0) is 0 Å². The predicted molar refractivity (Wildman–Crippen MR) is 83.5 cm³/mol. The van der Waals surface area contributed by atoms with Crippen molar-refractivity contribution in [3.05, 3.63) is 0 Å². The zero-order valence-corrected chi connectivity index (χ0v) is 13.4. The second-order valence-corrected chi connectivity index (χ2v) is 7.43. The maximum Gasteiger partial charge on any atom is 0.00966 e. The molecule has 19 heavy (non-hydrogen) atoms. The van der Waals surface area contributed by atoms with Crippen LogP contribution in [0.3, 0.4) is 0 Å². The first-order chi connectivity index (χ1) is 9.15. The van der Waals surface area contributed by atoms with E-state index in [1.54, 1.807) is 0 Å². The molecule has 0 radical (unpaired) electrons. The molecule has 0 spiro atoms. The molecule has 2 nitrogen and oxygen atoms in total. The highest BCUT2D eigenvalue weighted by Crippen LogP contribution is 2.40. The SMILES string of the molecule is CCCN(CC1(CNCC(C)C)CCCC1)C1CC1. The lowest BCUT2D eigenvalue weighted by molar-refractivity contribution is 0.141. The Bertz CT molecular complexity index is 252. The van der Waals surface area contributed by atoms with Gasteiger partial charge in [-0.1, -0.05) is 33.6 Å². The van der Waals surface area contributed by atoms with Crippen molar-refractivity contribution in [2.45, 2.75) is 71.8 Å². The molecule has 2 aliphatic carbocycles. The van der Waals surface area contributed by atoms with Gasteiger partial charge in [0.15, 0.2) is 0 Å². The van der Waals surface area contributed by atoms with Crippen LogP contribution < -0.4 is 5.32 Å². The topological polar surface area (TPSA) is 15.3 Å². The molecule has 0 aromatic rings. The normalized spacial score (nSPS) is 22.6. The molecule has 2 rings (SSSR count). The fourth-order valence-electron chi connectivity index (χ4n) is 3.69. The van der Waals surface area contributed by atoms with Crippen molar-refractivity contribution >= 4 is 0 Å². The van der Waals surface area contributed by atoms with Gasteiger partial charge >= 0.3 is 0 Å². The van der Waals surface area contributed by atoms with Crippen molar-refractivity contribution in [2.24, 2.45) is 11.3 Å². The fraction of sp³-hybridized carbons (Fsp3) is 1.00. The third-order valence-corrected chi connectivity index (χ3v) is 4.83. The van der Waals surface area contributed by atoms with E-state index in [1.807, 2.05) is 0 Å². The minimum Gasteiger partial charge on any atom is -0.316 e. The van der Waals surface area contributed by atoms with Gasteiger partial charge in [-0.15, -0.1) is 0 Å². The Morgan fingerprint density at radius 1 is 1.21 bits per heavy atom. The first-order valence-electron chi connectivity index (χ1n) is 8.60. The number of nitrogens with zero attached hydrogens (tertiary/aromatic N) is 1. The third-order valence-electron chi connectivity index (χ3n) is 4.83. The van der Waals surface area contributed by atoms with Crippen LogP contribution in [0, 0.1) is 11.3 Å². The van der Waals surface area contributed by atoms with Crippen molar-refractivity contribution in [1.29, 1.82) is 0 Å². The van der Waals surface area contributed by atoms with Crippen molar-refractivity contribution < 1.29 is 0 Å². The summed E-state index contributed by atoms with van der Waals surface area (Å²) in [6, 6.07) is 0.933. The lowest BCUT2D eigenvalue weighted by Gasteiger charge is -2.36. The number of hydrogen-bond acceptors (Lipinski definition) is 2. The highest BCUT2D eigenvalue weighted by atomic mass is 15.2. The van der Waals surface area contributed by atoms with Crippen molar-refractivity contribution in [3.63, 3.8) is 0 Å². The van der Waals surface area contributed by atoms with Crippen LogP contribution in [0.25, 0.3) is 0 Å². The largest absolute Gasteiger partial charge is 0.316 e. The molecule has 0 aliphatic heterocycles. The van der Waals surface area contributed by atoms with Crippen LogP contribution >= 0.6 is 0 Å². The van der Waals surface area contributed by atoms with E-state index in [2.05, 4.69) is 31.0 Å². The molecular weight excluding hydrogens is 232 g/mol. The van der Waals surface area contributed by atoms with Crippen LogP contribution in [0.2, 0.25) is 0 Å². The Morgan fingerprint density at radius 3 is 2.42 bits per heavy atom. The average Bonchev–Trinajstić information content (AvgIpc) is 3.11. The monoisotopic (exact) mass is 266 g/mol. The molecule has 2 fully saturated rings. The fourth-order valence-corrected chi connectivity index (χ4v) is 3.69. The van der Waals surface area contributed by atoms with E-state index in [9.17, 15) is 0 Å². The van der Waals surface area contributed by atoms with Gasteiger partial charge in [0.25, 0.3) is 0 Å². The van der Waals surface area contributed by atoms with Gasteiger partial charge in [0.05, 0.1) is 0 Å². The quantitative estimate of drug-likeness (QED) is 0.685. The number of rotatable bonds is 9. The van der Waals surface area contributed by atoms with Crippen molar-refractivity contribution in [1.82, 2.24) is 10.2 Å². The molecule has 0 saturated heterocycles. The van der Waals surface area contributed by atoms with E-state index in [4.69, 9.17) is 0 Å². The highest BCUT2D eigenvalue weighted by Gasteiger charge is 2.38. The molecular formula is C17H34N2. The lowest BCUT2D eigenvalue weighted by atomic mass is 9.85. The molecule has 2 saturated carbocycles. The smallest absolute Gasteiger partial charge is 0.00966 e. The Balaban J connectivity index is 1.86. The molecule has 1 N–H and O–H groups in total. The van der Waals surface area contributed by atoms with Gasteiger partial charge in [0.2, 0.25) is 0 Å². The molecule has 2 aliphatic rings. The van der Waals surface area contributed by atoms with E-state index in [0.717, 1.165) is 12.0 Å². The zero-order valence-electron chi connectivity index (χ0n) is 13.4. The summed E-state index contributed by atoms with van der Waals surface area (Å²) >= 11 is 0. The first-order valence-corrected chi connectivity index (χ1v) is 8.60. The van der Waals surface area contributed by atoms with Gasteiger partial charge in [-0.2, -0.15) is 0 Å². The van der Waals surface area contributed by atoms with Crippen LogP contribution in [0.5, 0.6) is 0 Å². The summed E-state index contributed by atoms with van der Waals surface area (Å²) in [5.74, 6) is 0.772. The standard InChI is InChI=1S/C17H34N2/c1-4-11-19(16-7-8-16)14-17(9-5-6-10-17)13-18-12-15(2)3/h15-16,18H,4-14H2,1-3H3. The van der Waals surface area contributed by atoms with Crippen LogP contribution in [0.15, 0.2) is 0 Å². The Hall–Kier alpha value is -0.0800. The van der Waals surface area contributed by atoms with Gasteiger partial charge in [0, 0.05) is 19.1 Å². The Kier molecular flexibility index (Phi) is 5.70. The van der Waals surface area contributed by atoms with Crippen LogP contribution in [0.4, 0.5) is 0 Å². The highest BCUT2D eigenvalue weighted by molar-refractivity contribution is 4.94. The minimum absolute atomic E-state index is 0.590. The molecule has 2 heteroatoms. The average molecular weight is 266 g/mol. The molecule has 0 aromatic carbocycles. The summed E-state index contributed by atoms with van der Waals surface area (Å²) in [7, 11) is 0. The number of hydrogen-bond donors (Lipinski definition) is 1. The molecule has 0 heterocycles. The molecule has 0 bridgehead atoms.